The number of amides is 2. The summed E-state index contributed by atoms with van der Waals surface area (Å²) in [6.45, 7) is 1.77. The van der Waals surface area contributed by atoms with Crippen molar-refractivity contribution >= 4 is 34.8 Å². The Hall–Kier alpha value is -1.92. The van der Waals surface area contributed by atoms with E-state index in [1.165, 1.54) is 29.5 Å². The molecule has 1 saturated heterocycles. The predicted molar refractivity (Wildman–Crippen MR) is 87.5 cm³/mol. The van der Waals surface area contributed by atoms with Crippen LogP contribution in [0.5, 0.6) is 0 Å². The molecule has 2 amide bonds. The first kappa shape index (κ1) is 16.0. The Morgan fingerprint density at radius 2 is 1.65 bits per heavy atom. The number of thiophene rings is 1. The number of hydrogen-bond donors (Lipinski definition) is 0. The highest BCUT2D eigenvalue weighted by Gasteiger charge is 2.26. The highest BCUT2D eigenvalue weighted by atomic mass is 35.5. The van der Waals surface area contributed by atoms with E-state index < -0.39 is 5.82 Å². The number of nitrogens with zero attached hydrogens (tertiary/aromatic N) is 2. The van der Waals surface area contributed by atoms with Gasteiger partial charge in [0.25, 0.3) is 11.8 Å². The van der Waals surface area contributed by atoms with Crippen molar-refractivity contribution in [2.75, 3.05) is 26.2 Å². The molecule has 1 aliphatic heterocycles. The van der Waals surface area contributed by atoms with Gasteiger partial charge < -0.3 is 9.80 Å². The van der Waals surface area contributed by atoms with Crippen molar-refractivity contribution in [3.63, 3.8) is 0 Å². The summed E-state index contributed by atoms with van der Waals surface area (Å²) in [5.41, 5.74) is 0.329. The predicted octanol–water partition coefficient (Wildman–Crippen LogP) is 3.14. The van der Waals surface area contributed by atoms with Gasteiger partial charge in [0.2, 0.25) is 0 Å². The van der Waals surface area contributed by atoms with Gasteiger partial charge in [-0.05, 0) is 30.3 Å². The van der Waals surface area contributed by atoms with Gasteiger partial charge in [-0.3, -0.25) is 9.59 Å². The molecule has 0 atom stereocenters. The van der Waals surface area contributed by atoms with E-state index in [-0.39, 0.29) is 11.8 Å². The van der Waals surface area contributed by atoms with Crippen LogP contribution in [0, 0.1) is 5.82 Å². The Bertz CT molecular complexity index is 741. The smallest absolute Gasteiger partial charge is 0.264 e. The number of halogens is 2. The summed E-state index contributed by atoms with van der Waals surface area (Å²) in [5, 5.41) is 0. The van der Waals surface area contributed by atoms with E-state index in [1.807, 2.05) is 0 Å². The maximum Gasteiger partial charge on any atom is 0.264 e. The van der Waals surface area contributed by atoms with E-state index in [0.717, 1.165) is 0 Å². The SMILES string of the molecule is O=C(c1cccc(F)c1)N1CCN(C(=O)c2ccc(Cl)s2)CC1. The van der Waals surface area contributed by atoms with Crippen molar-refractivity contribution in [3.05, 3.63) is 57.0 Å². The van der Waals surface area contributed by atoms with Crippen LogP contribution < -0.4 is 0 Å². The van der Waals surface area contributed by atoms with Gasteiger partial charge in [0.05, 0.1) is 9.21 Å². The molecule has 1 aromatic heterocycles. The zero-order chi connectivity index (χ0) is 16.4. The van der Waals surface area contributed by atoms with E-state index in [0.29, 0.717) is 41.0 Å². The van der Waals surface area contributed by atoms with Crippen LogP contribution in [-0.4, -0.2) is 47.8 Å². The number of benzene rings is 1. The average Bonchev–Trinajstić information content (AvgIpc) is 3.00. The molecule has 2 aromatic rings. The summed E-state index contributed by atoms with van der Waals surface area (Å²) < 4.78 is 13.8. The normalized spacial score (nSPS) is 14.9. The summed E-state index contributed by atoms with van der Waals surface area (Å²) in [5.74, 6) is -0.713. The first-order chi connectivity index (χ1) is 11.0. The van der Waals surface area contributed by atoms with E-state index >= 15 is 0 Å². The van der Waals surface area contributed by atoms with Crippen LogP contribution in [0.4, 0.5) is 4.39 Å². The van der Waals surface area contributed by atoms with Gasteiger partial charge in [-0.2, -0.15) is 0 Å². The second kappa shape index (κ2) is 6.68. The Morgan fingerprint density at radius 3 is 2.22 bits per heavy atom. The molecule has 0 aliphatic carbocycles. The fourth-order valence-electron chi connectivity index (χ4n) is 2.50. The molecule has 0 radical (unpaired) electrons. The molecule has 1 aliphatic rings. The summed E-state index contributed by atoms with van der Waals surface area (Å²) >= 11 is 7.10. The van der Waals surface area contributed by atoms with E-state index in [4.69, 9.17) is 11.6 Å². The second-order valence-corrected chi connectivity index (χ2v) is 6.91. The lowest BCUT2D eigenvalue weighted by Gasteiger charge is -2.34. The third-order valence-electron chi connectivity index (χ3n) is 3.71. The van der Waals surface area contributed by atoms with Crippen molar-refractivity contribution < 1.29 is 14.0 Å². The highest BCUT2D eigenvalue weighted by Crippen LogP contribution is 2.23. The fraction of sp³-hybridized carbons (Fsp3) is 0.250. The summed E-state index contributed by atoms with van der Waals surface area (Å²) in [6, 6.07) is 9.05. The molecule has 1 aromatic carbocycles. The lowest BCUT2D eigenvalue weighted by atomic mass is 10.1. The van der Waals surface area contributed by atoms with Crippen LogP contribution in [0.15, 0.2) is 36.4 Å². The molecule has 0 spiro atoms. The fourth-order valence-corrected chi connectivity index (χ4v) is 3.51. The second-order valence-electron chi connectivity index (χ2n) is 5.20. The molecule has 7 heteroatoms. The quantitative estimate of drug-likeness (QED) is 0.833. The first-order valence-electron chi connectivity index (χ1n) is 7.14. The topological polar surface area (TPSA) is 40.6 Å². The molecular formula is C16H14ClFN2O2S. The summed E-state index contributed by atoms with van der Waals surface area (Å²) in [6.07, 6.45) is 0. The molecule has 4 nitrogen and oxygen atoms in total. The maximum absolute atomic E-state index is 13.2. The molecule has 0 bridgehead atoms. The lowest BCUT2D eigenvalue weighted by Crippen LogP contribution is -2.50. The Morgan fingerprint density at radius 1 is 1.00 bits per heavy atom. The van der Waals surface area contributed by atoms with Crippen LogP contribution in [0.3, 0.4) is 0 Å². The number of carbonyl (C=O) groups excluding carboxylic acids is 2. The Kier molecular flexibility index (Phi) is 4.63. The number of piperazine rings is 1. The van der Waals surface area contributed by atoms with Gasteiger partial charge in [0.15, 0.2) is 0 Å². The average molecular weight is 353 g/mol. The van der Waals surface area contributed by atoms with E-state index in [1.54, 1.807) is 28.0 Å². The standard InChI is InChI=1S/C16H14ClFN2O2S/c17-14-5-4-13(23-14)16(22)20-8-6-19(7-9-20)15(21)11-2-1-3-12(18)10-11/h1-5,10H,6-9H2. The van der Waals surface area contributed by atoms with Crippen molar-refractivity contribution in [2.24, 2.45) is 0 Å². The van der Waals surface area contributed by atoms with Crippen LogP contribution in [0.1, 0.15) is 20.0 Å². The minimum absolute atomic E-state index is 0.0697. The monoisotopic (exact) mass is 352 g/mol. The van der Waals surface area contributed by atoms with Crippen LogP contribution >= 0.6 is 22.9 Å². The van der Waals surface area contributed by atoms with Crippen molar-refractivity contribution in [1.29, 1.82) is 0 Å². The molecule has 120 valence electrons. The number of hydrogen-bond acceptors (Lipinski definition) is 3. The molecule has 23 heavy (non-hydrogen) atoms. The van der Waals surface area contributed by atoms with Gasteiger partial charge >= 0.3 is 0 Å². The maximum atomic E-state index is 13.2. The van der Waals surface area contributed by atoms with Crippen LogP contribution in [0.2, 0.25) is 4.34 Å². The molecule has 0 N–H and O–H groups in total. The minimum atomic E-state index is -0.431. The Balaban J connectivity index is 1.62. The summed E-state index contributed by atoms with van der Waals surface area (Å²) in [7, 11) is 0. The van der Waals surface area contributed by atoms with E-state index in [9.17, 15) is 14.0 Å². The zero-order valence-electron chi connectivity index (χ0n) is 12.2. The highest BCUT2D eigenvalue weighted by molar-refractivity contribution is 7.17. The van der Waals surface area contributed by atoms with Gasteiger partial charge in [0.1, 0.15) is 5.82 Å². The zero-order valence-corrected chi connectivity index (χ0v) is 13.7. The van der Waals surface area contributed by atoms with Gasteiger partial charge in [0, 0.05) is 31.7 Å². The third kappa shape index (κ3) is 3.54. The van der Waals surface area contributed by atoms with Gasteiger partial charge in [-0.1, -0.05) is 17.7 Å². The third-order valence-corrected chi connectivity index (χ3v) is 4.93. The van der Waals surface area contributed by atoms with Crippen LogP contribution in [0.25, 0.3) is 0 Å². The van der Waals surface area contributed by atoms with Gasteiger partial charge in [-0.15, -0.1) is 11.3 Å². The number of carbonyl (C=O) groups is 2. The van der Waals surface area contributed by atoms with Crippen molar-refractivity contribution in [2.45, 2.75) is 0 Å². The first-order valence-corrected chi connectivity index (χ1v) is 8.33. The lowest BCUT2D eigenvalue weighted by molar-refractivity contribution is 0.0538. The molecule has 1 fully saturated rings. The molecule has 3 rings (SSSR count). The molecule has 0 unspecified atom stereocenters. The molecular weight excluding hydrogens is 339 g/mol. The van der Waals surface area contributed by atoms with Gasteiger partial charge in [-0.25, -0.2) is 4.39 Å². The molecule has 2 heterocycles. The summed E-state index contributed by atoms with van der Waals surface area (Å²) in [4.78, 5) is 28.6. The largest absolute Gasteiger partial charge is 0.335 e. The van der Waals surface area contributed by atoms with Crippen LogP contribution in [-0.2, 0) is 0 Å². The molecule has 0 saturated carbocycles. The van der Waals surface area contributed by atoms with Crippen molar-refractivity contribution in [1.82, 2.24) is 9.80 Å². The number of rotatable bonds is 2. The van der Waals surface area contributed by atoms with Crippen molar-refractivity contribution in [3.8, 4) is 0 Å². The Labute approximate surface area is 142 Å². The minimum Gasteiger partial charge on any atom is -0.335 e. The van der Waals surface area contributed by atoms with E-state index in [2.05, 4.69) is 0 Å².